The molecule has 1 aromatic rings. The van der Waals surface area contributed by atoms with Gasteiger partial charge in [0.15, 0.2) is 5.03 Å². The van der Waals surface area contributed by atoms with Gasteiger partial charge in [-0.1, -0.05) is 0 Å². The van der Waals surface area contributed by atoms with Crippen molar-refractivity contribution in [2.45, 2.75) is 5.03 Å². The van der Waals surface area contributed by atoms with E-state index in [1.165, 1.54) is 0 Å². The molecule has 0 aliphatic carbocycles. The summed E-state index contributed by atoms with van der Waals surface area (Å²) in [7, 11) is 1.14. The van der Waals surface area contributed by atoms with Crippen LogP contribution in [0.4, 0.5) is 4.39 Å². The van der Waals surface area contributed by atoms with Gasteiger partial charge in [-0.25, -0.2) is 17.8 Å². The normalized spacial score (nSPS) is 11.6. The van der Waals surface area contributed by atoms with Gasteiger partial charge in [0.05, 0.1) is 9.77 Å². The molecule has 0 amide bonds. The molecular formula is C5H2ClFINO2S. The van der Waals surface area contributed by atoms with E-state index in [1.807, 2.05) is 0 Å². The van der Waals surface area contributed by atoms with Crippen LogP contribution in [0.5, 0.6) is 0 Å². The van der Waals surface area contributed by atoms with Crippen molar-refractivity contribution in [1.29, 1.82) is 0 Å². The summed E-state index contributed by atoms with van der Waals surface area (Å²) >= 11 is 1.65. The zero-order valence-electron chi connectivity index (χ0n) is 5.46. The predicted molar refractivity (Wildman–Crippen MR) is 50.0 cm³/mol. The minimum absolute atomic E-state index is 0.169. The van der Waals surface area contributed by atoms with Crippen LogP contribution in [0.25, 0.3) is 0 Å². The third kappa shape index (κ3) is 2.27. The van der Waals surface area contributed by atoms with Gasteiger partial charge in [0.2, 0.25) is 0 Å². The first-order valence-electron chi connectivity index (χ1n) is 2.67. The summed E-state index contributed by atoms with van der Waals surface area (Å²) in [6.07, 6.45) is 0.803. The molecule has 0 fully saturated rings. The van der Waals surface area contributed by atoms with E-state index in [0.29, 0.717) is 0 Å². The van der Waals surface area contributed by atoms with E-state index in [1.54, 1.807) is 22.6 Å². The maximum atomic E-state index is 12.4. The lowest BCUT2D eigenvalue weighted by molar-refractivity contribution is 0.597. The van der Waals surface area contributed by atoms with Crippen molar-refractivity contribution in [2.24, 2.45) is 0 Å². The third-order valence-corrected chi connectivity index (χ3v) is 3.42. The van der Waals surface area contributed by atoms with Crippen LogP contribution in [0.15, 0.2) is 17.3 Å². The molecule has 3 nitrogen and oxygen atoms in total. The first-order valence-corrected chi connectivity index (χ1v) is 6.06. The summed E-state index contributed by atoms with van der Waals surface area (Å²) in [5.74, 6) is -0.594. The highest BCUT2D eigenvalue weighted by atomic mass is 127. The van der Waals surface area contributed by atoms with Crippen molar-refractivity contribution < 1.29 is 12.8 Å². The molecule has 0 radical (unpaired) electrons. The number of halogens is 3. The summed E-state index contributed by atoms with van der Waals surface area (Å²) < 4.78 is 34.1. The molecule has 0 aliphatic heterocycles. The minimum Gasteiger partial charge on any atom is -0.240 e. The van der Waals surface area contributed by atoms with Crippen molar-refractivity contribution in [3.63, 3.8) is 0 Å². The van der Waals surface area contributed by atoms with E-state index in [9.17, 15) is 12.8 Å². The van der Waals surface area contributed by atoms with Gasteiger partial charge in [-0.2, -0.15) is 0 Å². The molecular weight excluding hydrogens is 319 g/mol. The lowest BCUT2D eigenvalue weighted by atomic mass is 10.5. The molecule has 0 bridgehead atoms. The monoisotopic (exact) mass is 321 g/mol. The number of aromatic nitrogens is 1. The van der Waals surface area contributed by atoms with Gasteiger partial charge < -0.3 is 0 Å². The number of hydrogen-bond acceptors (Lipinski definition) is 3. The van der Waals surface area contributed by atoms with Gasteiger partial charge in [-0.3, -0.25) is 0 Å². The fourth-order valence-corrected chi connectivity index (χ4v) is 3.12. The molecule has 0 aromatic carbocycles. The maximum Gasteiger partial charge on any atom is 0.279 e. The van der Waals surface area contributed by atoms with Gasteiger partial charge in [0, 0.05) is 10.7 Å². The number of rotatable bonds is 1. The van der Waals surface area contributed by atoms with Gasteiger partial charge in [0.25, 0.3) is 9.05 Å². The van der Waals surface area contributed by atoms with E-state index in [0.717, 1.165) is 12.3 Å². The Balaban J connectivity index is 3.39. The average molecular weight is 321 g/mol. The average Bonchev–Trinajstić information content (AvgIpc) is 1.83. The highest BCUT2D eigenvalue weighted by molar-refractivity contribution is 14.1. The lowest BCUT2D eigenvalue weighted by Gasteiger charge is -1.97. The number of pyridine rings is 1. The second kappa shape index (κ2) is 3.43. The largest absolute Gasteiger partial charge is 0.279 e. The second-order valence-corrected chi connectivity index (χ2v) is 5.52. The summed E-state index contributed by atoms with van der Waals surface area (Å²) in [5, 5.41) is -0.314. The molecule has 0 atom stereocenters. The first-order chi connectivity index (χ1) is 5.41. The van der Waals surface area contributed by atoms with E-state index in [2.05, 4.69) is 4.98 Å². The Morgan fingerprint density at radius 2 is 2.17 bits per heavy atom. The summed E-state index contributed by atoms with van der Waals surface area (Å²) in [6, 6.07) is 1.04. The molecule has 0 saturated carbocycles. The summed E-state index contributed by atoms with van der Waals surface area (Å²) in [5.41, 5.74) is 0. The van der Waals surface area contributed by atoms with Crippen LogP contribution in [-0.2, 0) is 9.05 Å². The van der Waals surface area contributed by atoms with Crippen LogP contribution < -0.4 is 0 Å². The Morgan fingerprint density at radius 1 is 1.58 bits per heavy atom. The van der Waals surface area contributed by atoms with Crippen LogP contribution in [0, 0.1) is 9.39 Å². The zero-order valence-corrected chi connectivity index (χ0v) is 9.19. The van der Waals surface area contributed by atoms with Gasteiger partial charge in [-0.05, 0) is 28.7 Å². The molecule has 66 valence electrons. The van der Waals surface area contributed by atoms with E-state index in [4.69, 9.17) is 10.7 Å². The summed E-state index contributed by atoms with van der Waals surface area (Å²) in [6.45, 7) is 0. The first kappa shape index (κ1) is 10.1. The lowest BCUT2D eigenvalue weighted by Crippen LogP contribution is -1.98. The molecule has 1 aromatic heterocycles. The molecule has 7 heteroatoms. The Hall–Kier alpha value is 0.0500. The van der Waals surface area contributed by atoms with E-state index in [-0.39, 0.29) is 8.60 Å². The van der Waals surface area contributed by atoms with Gasteiger partial charge >= 0.3 is 0 Å². The quantitative estimate of drug-likeness (QED) is 0.585. The van der Waals surface area contributed by atoms with Gasteiger partial charge in [0.1, 0.15) is 5.82 Å². The van der Waals surface area contributed by atoms with Crippen LogP contribution >= 0.6 is 33.3 Å². The molecule has 1 heterocycles. The zero-order chi connectivity index (χ0) is 9.35. The van der Waals surface area contributed by atoms with Crippen molar-refractivity contribution in [1.82, 2.24) is 4.98 Å². The molecule has 0 spiro atoms. The van der Waals surface area contributed by atoms with Crippen LogP contribution in [0.3, 0.4) is 0 Å². The fraction of sp³-hybridized carbons (Fsp3) is 0. The predicted octanol–water partition coefficient (Wildman–Crippen LogP) is 1.75. The third-order valence-electron chi connectivity index (χ3n) is 1.01. The highest BCUT2D eigenvalue weighted by Crippen LogP contribution is 2.19. The Labute approximate surface area is 86.5 Å². The van der Waals surface area contributed by atoms with Gasteiger partial charge in [-0.15, -0.1) is 0 Å². The Kier molecular flexibility index (Phi) is 2.89. The number of nitrogens with zero attached hydrogens (tertiary/aromatic N) is 1. The fourth-order valence-electron chi connectivity index (χ4n) is 0.581. The molecule has 0 aliphatic rings. The van der Waals surface area contributed by atoms with Crippen molar-refractivity contribution in [2.75, 3.05) is 0 Å². The highest BCUT2D eigenvalue weighted by Gasteiger charge is 2.16. The smallest absolute Gasteiger partial charge is 0.240 e. The molecule has 0 unspecified atom stereocenters. The van der Waals surface area contributed by atoms with Crippen molar-refractivity contribution in [3.8, 4) is 0 Å². The molecule has 0 N–H and O–H groups in total. The molecule has 1 rings (SSSR count). The Morgan fingerprint density at radius 3 is 2.58 bits per heavy atom. The Bertz CT molecular complexity index is 408. The SMILES string of the molecule is O=S(=O)(Cl)c1ncc(F)cc1I. The number of hydrogen-bond donors (Lipinski definition) is 0. The standard InChI is InChI=1S/C5H2ClFINO2S/c6-12(10,11)5-4(8)1-3(7)2-9-5/h1-2H. The van der Waals surface area contributed by atoms with Crippen molar-refractivity contribution in [3.05, 3.63) is 21.7 Å². The molecule has 12 heavy (non-hydrogen) atoms. The molecule has 0 saturated heterocycles. The van der Waals surface area contributed by atoms with Crippen molar-refractivity contribution >= 4 is 42.3 Å². The van der Waals surface area contributed by atoms with E-state index >= 15 is 0 Å². The summed E-state index contributed by atoms with van der Waals surface area (Å²) in [4.78, 5) is 3.35. The van der Waals surface area contributed by atoms with Crippen LogP contribution in [-0.4, -0.2) is 13.4 Å². The maximum absolute atomic E-state index is 12.4. The second-order valence-electron chi connectivity index (χ2n) is 1.88. The van der Waals surface area contributed by atoms with Crippen LogP contribution in [0.1, 0.15) is 0 Å². The minimum atomic E-state index is -3.86. The topological polar surface area (TPSA) is 47.0 Å². The van der Waals surface area contributed by atoms with E-state index < -0.39 is 14.9 Å². The van der Waals surface area contributed by atoms with Crippen LogP contribution in [0.2, 0.25) is 0 Å².